The molecular weight excluding hydrogens is 380 g/mol. The van der Waals surface area contributed by atoms with E-state index in [-0.39, 0.29) is 28.3 Å². The van der Waals surface area contributed by atoms with Crippen molar-refractivity contribution in [3.63, 3.8) is 0 Å². The normalized spacial score (nSPS) is 15.5. The Morgan fingerprint density at radius 1 is 1.15 bits per heavy atom. The van der Waals surface area contributed by atoms with Crippen molar-refractivity contribution in [1.82, 2.24) is 19.2 Å². The van der Waals surface area contributed by atoms with Crippen molar-refractivity contribution in [2.45, 2.75) is 48.6 Å². The molecule has 1 aromatic carbocycles. The van der Waals surface area contributed by atoms with Gasteiger partial charge in [0.05, 0.1) is 16.3 Å². The number of aromatic nitrogens is 2. The molecule has 1 N–H and O–H groups in total. The minimum absolute atomic E-state index is 0.0133. The fraction of sp³-hybridized carbons (Fsp3) is 0.467. The fourth-order valence-corrected chi connectivity index (χ4v) is 4.66. The molecule has 1 aliphatic rings. The zero-order valence-electron chi connectivity index (χ0n) is 14.4. The van der Waals surface area contributed by atoms with Gasteiger partial charge in [0.25, 0.3) is 0 Å². The van der Waals surface area contributed by atoms with Gasteiger partial charge >= 0.3 is 0 Å². The summed E-state index contributed by atoms with van der Waals surface area (Å²) in [6.45, 7) is 1.79. The van der Waals surface area contributed by atoms with Gasteiger partial charge in [-0.25, -0.2) is 21.6 Å². The van der Waals surface area contributed by atoms with E-state index in [2.05, 4.69) is 14.9 Å². The molecule has 0 aliphatic heterocycles. The monoisotopic (exact) mass is 400 g/mol. The molecule has 142 valence electrons. The minimum Gasteiger partial charge on any atom is -0.338 e. The van der Waals surface area contributed by atoms with Crippen molar-refractivity contribution in [2.75, 3.05) is 7.05 Å². The van der Waals surface area contributed by atoms with Crippen molar-refractivity contribution < 1.29 is 21.4 Å². The van der Waals surface area contributed by atoms with E-state index in [1.165, 1.54) is 31.3 Å². The summed E-state index contributed by atoms with van der Waals surface area (Å²) in [6.07, 6.45) is 2.24. The first-order valence-corrected chi connectivity index (χ1v) is 11.0. The maximum atomic E-state index is 12.6. The highest BCUT2D eigenvalue weighted by Gasteiger charge is 2.29. The summed E-state index contributed by atoms with van der Waals surface area (Å²) < 4.78 is 58.2. The highest BCUT2D eigenvalue weighted by molar-refractivity contribution is 7.89. The van der Waals surface area contributed by atoms with Crippen LogP contribution in [0.2, 0.25) is 0 Å². The largest absolute Gasteiger partial charge is 0.338 e. The molecule has 1 aromatic heterocycles. The van der Waals surface area contributed by atoms with Crippen LogP contribution in [0.5, 0.6) is 0 Å². The van der Waals surface area contributed by atoms with Crippen molar-refractivity contribution >= 4 is 20.0 Å². The third-order valence-electron chi connectivity index (χ3n) is 3.93. The van der Waals surface area contributed by atoms with Crippen LogP contribution in [0.1, 0.15) is 31.5 Å². The maximum Gasteiger partial charge on any atom is 0.243 e. The van der Waals surface area contributed by atoms with Crippen LogP contribution >= 0.6 is 0 Å². The molecule has 0 amide bonds. The van der Waals surface area contributed by atoms with E-state index < -0.39 is 20.0 Å². The maximum absolute atomic E-state index is 12.6. The van der Waals surface area contributed by atoms with Crippen LogP contribution in [0, 0.1) is 0 Å². The number of benzene rings is 1. The summed E-state index contributed by atoms with van der Waals surface area (Å²) in [4.78, 5) is 4.11. The van der Waals surface area contributed by atoms with E-state index in [1.807, 2.05) is 6.92 Å². The van der Waals surface area contributed by atoms with Crippen molar-refractivity contribution in [1.29, 1.82) is 0 Å². The average Bonchev–Trinajstić information content (AvgIpc) is 3.29. The predicted octanol–water partition coefficient (Wildman–Crippen LogP) is 0.893. The second-order valence-electron chi connectivity index (χ2n) is 6.09. The van der Waals surface area contributed by atoms with E-state index in [0.717, 1.165) is 17.1 Å². The number of hydrogen-bond donors (Lipinski definition) is 1. The van der Waals surface area contributed by atoms with Crippen LogP contribution in [0.3, 0.4) is 0 Å². The molecule has 2 aromatic rings. The summed E-state index contributed by atoms with van der Waals surface area (Å²) in [6, 6.07) is 5.11. The molecule has 0 radical (unpaired) electrons. The zero-order valence-corrected chi connectivity index (χ0v) is 16.0. The van der Waals surface area contributed by atoms with Crippen LogP contribution in [-0.2, 0) is 33.0 Å². The summed E-state index contributed by atoms with van der Waals surface area (Å²) in [5.41, 5.74) is 0. The minimum atomic E-state index is -3.82. The Labute approximate surface area is 152 Å². The van der Waals surface area contributed by atoms with Crippen molar-refractivity contribution in [3.8, 4) is 0 Å². The molecule has 1 fully saturated rings. The van der Waals surface area contributed by atoms with Gasteiger partial charge in [-0.3, -0.25) is 0 Å². The number of nitrogens with one attached hydrogen (secondary N) is 1. The number of aryl methyl sites for hydroxylation is 1. The molecule has 1 heterocycles. The first kappa shape index (κ1) is 19.0. The van der Waals surface area contributed by atoms with Gasteiger partial charge in [0.1, 0.15) is 0 Å². The molecule has 1 aliphatic carbocycles. The van der Waals surface area contributed by atoms with Crippen LogP contribution in [0.25, 0.3) is 0 Å². The molecule has 26 heavy (non-hydrogen) atoms. The topological polar surface area (TPSA) is 122 Å². The lowest BCUT2D eigenvalue weighted by molar-refractivity contribution is 0.334. The summed E-state index contributed by atoms with van der Waals surface area (Å²) >= 11 is 0. The van der Waals surface area contributed by atoms with Crippen molar-refractivity contribution in [2.24, 2.45) is 0 Å². The smallest absolute Gasteiger partial charge is 0.243 e. The second kappa shape index (κ2) is 7.06. The molecule has 0 atom stereocenters. The highest BCUT2D eigenvalue weighted by atomic mass is 32.2. The Morgan fingerprint density at radius 2 is 1.77 bits per heavy atom. The molecular formula is C15H20N4O5S2. The Bertz CT molecular complexity index is 979. The quantitative estimate of drug-likeness (QED) is 0.698. The third-order valence-corrected chi connectivity index (χ3v) is 7.28. The number of sulfonamides is 2. The Morgan fingerprint density at radius 3 is 2.31 bits per heavy atom. The Balaban J connectivity index is 1.75. The van der Waals surface area contributed by atoms with Crippen LogP contribution in [-0.4, -0.2) is 44.4 Å². The number of hydrogen-bond acceptors (Lipinski definition) is 7. The lowest BCUT2D eigenvalue weighted by atomic mass is 10.4. The Kier molecular flexibility index (Phi) is 5.15. The van der Waals surface area contributed by atoms with Gasteiger partial charge in [0, 0.05) is 19.5 Å². The third kappa shape index (κ3) is 4.11. The summed E-state index contributed by atoms with van der Waals surface area (Å²) in [7, 11) is -6.04. The molecule has 0 spiro atoms. The molecule has 0 saturated heterocycles. The summed E-state index contributed by atoms with van der Waals surface area (Å²) in [5.74, 6) is 0.698. The highest BCUT2D eigenvalue weighted by Crippen LogP contribution is 2.23. The van der Waals surface area contributed by atoms with Gasteiger partial charge in [0.15, 0.2) is 5.82 Å². The van der Waals surface area contributed by atoms with Gasteiger partial charge in [-0.1, -0.05) is 12.1 Å². The van der Waals surface area contributed by atoms with E-state index in [4.69, 9.17) is 4.52 Å². The van der Waals surface area contributed by atoms with E-state index in [1.54, 1.807) is 0 Å². The lowest BCUT2D eigenvalue weighted by Gasteiger charge is -2.15. The van der Waals surface area contributed by atoms with E-state index in [9.17, 15) is 16.8 Å². The second-order valence-corrected chi connectivity index (χ2v) is 9.84. The van der Waals surface area contributed by atoms with Gasteiger partial charge in [0.2, 0.25) is 25.9 Å². The first-order chi connectivity index (χ1) is 12.2. The molecule has 11 heteroatoms. The van der Waals surface area contributed by atoms with Gasteiger partial charge in [-0.05, 0) is 37.1 Å². The van der Waals surface area contributed by atoms with E-state index in [0.29, 0.717) is 12.2 Å². The first-order valence-electron chi connectivity index (χ1n) is 8.12. The van der Waals surface area contributed by atoms with Gasteiger partial charge < -0.3 is 4.52 Å². The standard InChI is InChI=1S/C15H20N4O5S2/c1-3-14-16-15(24-17-14)10-19(2)26(22,23)13-8-6-12(7-9-13)25(20,21)18-11-4-5-11/h6-9,11,18H,3-5,10H2,1-2H3. The zero-order chi connectivity index (χ0) is 18.9. The average molecular weight is 400 g/mol. The number of nitrogens with zero attached hydrogens (tertiary/aromatic N) is 3. The number of rotatable bonds is 8. The molecule has 1 saturated carbocycles. The van der Waals surface area contributed by atoms with E-state index >= 15 is 0 Å². The molecule has 0 unspecified atom stereocenters. The molecule has 0 bridgehead atoms. The van der Waals surface area contributed by atoms with Crippen LogP contribution in [0.4, 0.5) is 0 Å². The van der Waals surface area contributed by atoms with Crippen LogP contribution in [0.15, 0.2) is 38.6 Å². The molecule has 3 rings (SSSR count). The van der Waals surface area contributed by atoms with Crippen molar-refractivity contribution in [3.05, 3.63) is 36.0 Å². The fourth-order valence-electron chi connectivity index (χ4n) is 2.23. The van der Waals surface area contributed by atoms with Crippen LogP contribution < -0.4 is 4.72 Å². The predicted molar refractivity (Wildman–Crippen MR) is 92.1 cm³/mol. The lowest BCUT2D eigenvalue weighted by Crippen LogP contribution is -2.27. The SMILES string of the molecule is CCc1noc(CN(C)S(=O)(=O)c2ccc(S(=O)(=O)NC3CC3)cc2)n1. The Hall–Kier alpha value is -1.82. The summed E-state index contributed by atoms with van der Waals surface area (Å²) in [5, 5.41) is 3.73. The molecule has 9 nitrogen and oxygen atoms in total. The van der Waals surface area contributed by atoms with Gasteiger partial charge in [-0.15, -0.1) is 0 Å². The van der Waals surface area contributed by atoms with Gasteiger partial charge in [-0.2, -0.15) is 9.29 Å².